The van der Waals surface area contributed by atoms with E-state index in [4.69, 9.17) is 4.74 Å². The number of carbonyl (C=O) groups is 1. The number of benzene rings is 2. The molecular weight excluding hydrogens is 333 g/mol. The van der Waals surface area contributed by atoms with Crippen molar-refractivity contribution in [1.29, 1.82) is 0 Å². The highest BCUT2D eigenvalue weighted by atomic mass is 19.1. The van der Waals surface area contributed by atoms with E-state index in [-0.39, 0.29) is 17.7 Å². The Morgan fingerprint density at radius 3 is 2.27 bits per heavy atom. The third kappa shape index (κ3) is 3.26. The lowest BCUT2D eigenvalue weighted by Gasteiger charge is -2.15. The summed E-state index contributed by atoms with van der Waals surface area (Å²) in [6.07, 6.45) is 4.48. The molecule has 1 aromatic heterocycles. The normalized spacial score (nSPS) is 14.5. The summed E-state index contributed by atoms with van der Waals surface area (Å²) in [5.41, 5.74) is 0.720. The summed E-state index contributed by atoms with van der Waals surface area (Å²) in [4.78, 5) is 20.9. The van der Waals surface area contributed by atoms with Crippen molar-refractivity contribution in [3.63, 3.8) is 0 Å². The number of amides is 1. The Kier molecular flexibility index (Phi) is 4.08. The summed E-state index contributed by atoms with van der Waals surface area (Å²) in [5, 5.41) is 2.84. The fourth-order valence-electron chi connectivity index (χ4n) is 2.82. The maximum atomic E-state index is 13.1. The van der Waals surface area contributed by atoms with E-state index >= 15 is 0 Å². The molecule has 6 heteroatoms. The Bertz CT molecular complexity index is 908. The van der Waals surface area contributed by atoms with Gasteiger partial charge in [0, 0.05) is 0 Å². The standard InChI is InChI=1S/C20H16FN3O2/c21-15-8-6-14(7-9-15)20(10-11-20)18(25)24-16-12-22-19(23-13-16)26-17-4-2-1-3-5-17/h1-9,12-13H,10-11H2,(H,24,25). The minimum atomic E-state index is -0.590. The SMILES string of the molecule is O=C(Nc1cnc(Oc2ccccc2)nc1)C1(c2ccc(F)cc2)CC1. The number of ether oxygens (including phenoxy) is 1. The van der Waals surface area contributed by atoms with Gasteiger partial charge in [-0.15, -0.1) is 0 Å². The van der Waals surface area contributed by atoms with Crippen molar-refractivity contribution >= 4 is 11.6 Å². The molecule has 0 bridgehead atoms. The van der Waals surface area contributed by atoms with Gasteiger partial charge in [-0.25, -0.2) is 14.4 Å². The molecule has 0 radical (unpaired) electrons. The zero-order chi connectivity index (χ0) is 18.0. The number of nitrogens with one attached hydrogen (secondary N) is 1. The van der Waals surface area contributed by atoms with Crippen LogP contribution < -0.4 is 10.1 Å². The minimum Gasteiger partial charge on any atom is -0.424 e. The van der Waals surface area contributed by atoms with Crippen LogP contribution in [0.3, 0.4) is 0 Å². The van der Waals surface area contributed by atoms with Gasteiger partial charge in [-0.3, -0.25) is 4.79 Å². The van der Waals surface area contributed by atoms with Gasteiger partial charge in [-0.05, 0) is 42.7 Å². The number of rotatable bonds is 5. The zero-order valence-electron chi connectivity index (χ0n) is 13.9. The number of para-hydroxylation sites is 1. The van der Waals surface area contributed by atoms with Crippen LogP contribution in [0.2, 0.25) is 0 Å². The highest BCUT2D eigenvalue weighted by Crippen LogP contribution is 2.49. The van der Waals surface area contributed by atoms with Gasteiger partial charge in [0.25, 0.3) is 0 Å². The molecule has 1 aliphatic carbocycles. The number of hydrogen-bond acceptors (Lipinski definition) is 4. The second-order valence-corrected chi connectivity index (χ2v) is 6.21. The number of anilines is 1. The van der Waals surface area contributed by atoms with Gasteiger partial charge in [0.2, 0.25) is 5.91 Å². The van der Waals surface area contributed by atoms with E-state index in [1.807, 2.05) is 18.2 Å². The molecule has 0 atom stereocenters. The molecule has 1 aliphatic rings. The first-order valence-corrected chi connectivity index (χ1v) is 8.28. The maximum absolute atomic E-state index is 13.1. The van der Waals surface area contributed by atoms with Gasteiger partial charge in [0.15, 0.2) is 0 Å². The molecule has 0 spiro atoms. The lowest BCUT2D eigenvalue weighted by Crippen LogP contribution is -2.27. The summed E-state index contributed by atoms with van der Waals surface area (Å²) >= 11 is 0. The van der Waals surface area contributed by atoms with Crippen molar-refractivity contribution in [3.05, 3.63) is 78.4 Å². The average Bonchev–Trinajstić information content (AvgIpc) is 3.47. The molecule has 5 nitrogen and oxygen atoms in total. The van der Waals surface area contributed by atoms with Crippen molar-refractivity contribution in [1.82, 2.24) is 9.97 Å². The van der Waals surface area contributed by atoms with E-state index in [0.29, 0.717) is 11.4 Å². The second kappa shape index (κ2) is 6.55. The summed E-state index contributed by atoms with van der Waals surface area (Å²) in [5.74, 6) is 0.189. The van der Waals surface area contributed by atoms with Crippen LogP contribution in [0, 0.1) is 5.82 Å². The number of hydrogen-bond donors (Lipinski definition) is 1. The van der Waals surface area contributed by atoms with Crippen LogP contribution in [-0.2, 0) is 10.2 Å². The molecule has 0 unspecified atom stereocenters. The van der Waals surface area contributed by atoms with E-state index in [9.17, 15) is 9.18 Å². The average molecular weight is 349 g/mol. The minimum absolute atomic E-state index is 0.135. The molecule has 1 fully saturated rings. The van der Waals surface area contributed by atoms with Crippen LogP contribution in [0.1, 0.15) is 18.4 Å². The van der Waals surface area contributed by atoms with Crippen molar-refractivity contribution in [2.24, 2.45) is 0 Å². The lowest BCUT2D eigenvalue weighted by molar-refractivity contribution is -0.118. The van der Waals surface area contributed by atoms with Crippen molar-refractivity contribution in [3.8, 4) is 11.8 Å². The van der Waals surface area contributed by atoms with Crippen molar-refractivity contribution < 1.29 is 13.9 Å². The number of aromatic nitrogens is 2. The molecular formula is C20H16FN3O2. The molecule has 130 valence electrons. The third-order valence-electron chi connectivity index (χ3n) is 4.42. The first-order chi connectivity index (χ1) is 12.7. The first-order valence-electron chi connectivity index (χ1n) is 8.28. The fraction of sp³-hybridized carbons (Fsp3) is 0.150. The smallest absolute Gasteiger partial charge is 0.322 e. The van der Waals surface area contributed by atoms with Crippen molar-refractivity contribution in [2.45, 2.75) is 18.3 Å². The lowest BCUT2D eigenvalue weighted by atomic mass is 9.95. The maximum Gasteiger partial charge on any atom is 0.322 e. The topological polar surface area (TPSA) is 64.1 Å². The largest absolute Gasteiger partial charge is 0.424 e. The molecule has 1 heterocycles. The van der Waals surface area contributed by atoms with Crippen LogP contribution in [0.5, 0.6) is 11.8 Å². The highest BCUT2D eigenvalue weighted by Gasteiger charge is 2.51. The van der Waals surface area contributed by atoms with E-state index in [1.54, 1.807) is 24.3 Å². The Labute approximate surface area is 149 Å². The molecule has 1 N–H and O–H groups in total. The number of nitrogens with zero attached hydrogens (tertiary/aromatic N) is 2. The van der Waals surface area contributed by atoms with E-state index in [0.717, 1.165) is 18.4 Å². The van der Waals surface area contributed by atoms with Crippen LogP contribution in [0.4, 0.5) is 10.1 Å². The van der Waals surface area contributed by atoms with Crippen molar-refractivity contribution in [2.75, 3.05) is 5.32 Å². The molecule has 0 aliphatic heterocycles. The van der Waals surface area contributed by atoms with Gasteiger partial charge in [0.05, 0.1) is 23.5 Å². The summed E-state index contributed by atoms with van der Waals surface area (Å²) in [7, 11) is 0. The molecule has 26 heavy (non-hydrogen) atoms. The molecule has 1 amide bonds. The summed E-state index contributed by atoms with van der Waals surface area (Å²) in [6, 6.07) is 15.5. The molecule has 2 aromatic carbocycles. The predicted molar refractivity (Wildman–Crippen MR) is 94.5 cm³/mol. The molecule has 4 rings (SSSR count). The number of carbonyl (C=O) groups excluding carboxylic acids is 1. The van der Waals surface area contributed by atoms with E-state index in [1.165, 1.54) is 24.5 Å². The Hall–Kier alpha value is -3.28. The zero-order valence-corrected chi connectivity index (χ0v) is 13.9. The van der Waals surface area contributed by atoms with Gasteiger partial charge in [-0.2, -0.15) is 0 Å². The third-order valence-corrected chi connectivity index (χ3v) is 4.42. The van der Waals surface area contributed by atoms with Gasteiger partial charge < -0.3 is 10.1 Å². The van der Waals surface area contributed by atoms with Crippen LogP contribution >= 0.6 is 0 Å². The fourth-order valence-corrected chi connectivity index (χ4v) is 2.82. The van der Waals surface area contributed by atoms with Crippen LogP contribution in [-0.4, -0.2) is 15.9 Å². The molecule has 3 aromatic rings. The Morgan fingerprint density at radius 2 is 1.65 bits per heavy atom. The van der Waals surface area contributed by atoms with E-state index < -0.39 is 5.41 Å². The van der Waals surface area contributed by atoms with Crippen LogP contribution in [0.25, 0.3) is 0 Å². The first kappa shape index (κ1) is 16.2. The highest BCUT2D eigenvalue weighted by molar-refractivity contribution is 6.01. The Morgan fingerprint density at radius 1 is 1.00 bits per heavy atom. The summed E-state index contributed by atoms with van der Waals surface area (Å²) in [6.45, 7) is 0. The predicted octanol–water partition coefficient (Wildman–Crippen LogP) is 4.08. The quantitative estimate of drug-likeness (QED) is 0.754. The molecule has 0 saturated heterocycles. The summed E-state index contributed by atoms with van der Waals surface area (Å²) < 4.78 is 18.6. The van der Waals surface area contributed by atoms with Gasteiger partial charge in [0.1, 0.15) is 11.6 Å². The van der Waals surface area contributed by atoms with Gasteiger partial charge in [-0.1, -0.05) is 30.3 Å². The monoisotopic (exact) mass is 349 g/mol. The number of halogens is 1. The van der Waals surface area contributed by atoms with E-state index in [2.05, 4.69) is 15.3 Å². The second-order valence-electron chi connectivity index (χ2n) is 6.21. The molecule has 1 saturated carbocycles. The van der Waals surface area contributed by atoms with Crippen LogP contribution in [0.15, 0.2) is 67.0 Å². The Balaban J connectivity index is 1.44. The van der Waals surface area contributed by atoms with Gasteiger partial charge >= 0.3 is 6.01 Å².